The molecule has 1 aromatic rings. The molecule has 0 aromatic heterocycles. The van der Waals surface area contributed by atoms with Crippen LogP contribution in [0, 0.1) is 0 Å². The van der Waals surface area contributed by atoms with Gasteiger partial charge < -0.3 is 14.6 Å². The molecule has 1 N–H and O–H groups in total. The molecule has 2 aliphatic rings. The van der Waals surface area contributed by atoms with Crippen molar-refractivity contribution >= 4 is 5.97 Å². The Hall–Kier alpha value is -1.59. The molecular weight excluding hydrogens is 258 g/mol. The van der Waals surface area contributed by atoms with Crippen LogP contribution in [0.4, 0.5) is 0 Å². The highest BCUT2D eigenvalue weighted by atomic mass is 16.5. The first kappa shape index (κ1) is 13.4. The SMILES string of the molecule is O=C(O)CC1COCCN1CC1Cc2ccccc2O1. The number of hydrogen-bond donors (Lipinski definition) is 1. The van der Waals surface area contributed by atoms with Crippen LogP contribution in [-0.4, -0.2) is 54.4 Å². The van der Waals surface area contributed by atoms with Crippen LogP contribution in [0.3, 0.4) is 0 Å². The van der Waals surface area contributed by atoms with Crippen molar-refractivity contribution in [3.05, 3.63) is 29.8 Å². The van der Waals surface area contributed by atoms with Gasteiger partial charge in [-0.15, -0.1) is 0 Å². The second kappa shape index (κ2) is 5.81. The van der Waals surface area contributed by atoms with Gasteiger partial charge >= 0.3 is 5.97 Å². The normalized spacial score (nSPS) is 26.0. The fraction of sp³-hybridized carbons (Fsp3) is 0.533. The molecule has 2 heterocycles. The van der Waals surface area contributed by atoms with Crippen molar-refractivity contribution in [2.75, 3.05) is 26.3 Å². The van der Waals surface area contributed by atoms with Crippen molar-refractivity contribution in [1.29, 1.82) is 0 Å². The van der Waals surface area contributed by atoms with Gasteiger partial charge in [0.1, 0.15) is 11.9 Å². The highest BCUT2D eigenvalue weighted by Gasteiger charge is 2.30. The summed E-state index contributed by atoms with van der Waals surface area (Å²) in [6.07, 6.45) is 1.13. The highest BCUT2D eigenvalue weighted by molar-refractivity contribution is 5.67. The Morgan fingerprint density at radius 2 is 2.25 bits per heavy atom. The average molecular weight is 277 g/mol. The van der Waals surface area contributed by atoms with E-state index in [1.807, 2.05) is 18.2 Å². The van der Waals surface area contributed by atoms with Gasteiger partial charge in [0.2, 0.25) is 0 Å². The number of carboxylic acid groups (broad SMARTS) is 1. The molecule has 1 aromatic carbocycles. The number of aliphatic carboxylic acids is 1. The van der Waals surface area contributed by atoms with E-state index in [0.717, 1.165) is 25.3 Å². The number of para-hydroxylation sites is 1. The van der Waals surface area contributed by atoms with Crippen molar-refractivity contribution in [3.8, 4) is 5.75 Å². The maximum atomic E-state index is 10.9. The lowest BCUT2D eigenvalue weighted by molar-refractivity contribution is -0.140. The highest BCUT2D eigenvalue weighted by Crippen LogP contribution is 2.29. The van der Waals surface area contributed by atoms with Gasteiger partial charge in [-0.25, -0.2) is 0 Å². The molecule has 0 saturated carbocycles. The number of rotatable bonds is 4. The van der Waals surface area contributed by atoms with E-state index >= 15 is 0 Å². The summed E-state index contributed by atoms with van der Waals surface area (Å²) in [6, 6.07) is 8.02. The van der Waals surface area contributed by atoms with E-state index in [-0.39, 0.29) is 18.6 Å². The maximum Gasteiger partial charge on any atom is 0.305 e. The third kappa shape index (κ3) is 2.94. The van der Waals surface area contributed by atoms with Gasteiger partial charge in [-0.2, -0.15) is 0 Å². The second-order valence-corrected chi connectivity index (χ2v) is 5.37. The zero-order valence-electron chi connectivity index (χ0n) is 11.3. The molecular formula is C15H19NO4. The minimum atomic E-state index is -0.777. The Labute approximate surface area is 118 Å². The number of morpholine rings is 1. The summed E-state index contributed by atoms with van der Waals surface area (Å²) < 4.78 is 11.3. The zero-order valence-corrected chi connectivity index (χ0v) is 11.3. The first-order valence-electron chi connectivity index (χ1n) is 7.00. The van der Waals surface area contributed by atoms with Gasteiger partial charge in [-0.05, 0) is 11.6 Å². The Balaban J connectivity index is 1.61. The third-order valence-corrected chi connectivity index (χ3v) is 3.91. The summed E-state index contributed by atoms with van der Waals surface area (Å²) in [5.41, 5.74) is 1.24. The molecule has 5 heteroatoms. The van der Waals surface area contributed by atoms with E-state index < -0.39 is 5.97 Å². The average Bonchev–Trinajstić information content (AvgIpc) is 2.82. The Kier molecular flexibility index (Phi) is 3.89. The van der Waals surface area contributed by atoms with Crippen LogP contribution in [0.15, 0.2) is 24.3 Å². The first-order valence-corrected chi connectivity index (χ1v) is 7.00. The van der Waals surface area contributed by atoms with Crippen LogP contribution in [0.25, 0.3) is 0 Å². The molecule has 0 amide bonds. The number of ether oxygens (including phenoxy) is 2. The third-order valence-electron chi connectivity index (χ3n) is 3.91. The summed E-state index contributed by atoms with van der Waals surface area (Å²) in [4.78, 5) is 13.1. The summed E-state index contributed by atoms with van der Waals surface area (Å²) in [7, 11) is 0. The number of hydrogen-bond acceptors (Lipinski definition) is 4. The quantitative estimate of drug-likeness (QED) is 0.895. The van der Waals surface area contributed by atoms with E-state index in [9.17, 15) is 4.79 Å². The number of fused-ring (bicyclic) bond motifs is 1. The largest absolute Gasteiger partial charge is 0.488 e. The number of carboxylic acids is 1. The molecule has 0 bridgehead atoms. The molecule has 5 nitrogen and oxygen atoms in total. The lowest BCUT2D eigenvalue weighted by atomic mass is 10.1. The predicted octanol–water partition coefficient (Wildman–Crippen LogP) is 1.17. The van der Waals surface area contributed by atoms with Crippen LogP contribution >= 0.6 is 0 Å². The minimum Gasteiger partial charge on any atom is -0.488 e. The van der Waals surface area contributed by atoms with Gasteiger partial charge in [-0.3, -0.25) is 9.69 Å². The van der Waals surface area contributed by atoms with Gasteiger partial charge in [0.05, 0.1) is 19.6 Å². The molecule has 0 spiro atoms. The van der Waals surface area contributed by atoms with Gasteiger partial charge in [0, 0.05) is 25.6 Å². The molecule has 1 fully saturated rings. The van der Waals surface area contributed by atoms with E-state index in [2.05, 4.69) is 11.0 Å². The monoisotopic (exact) mass is 277 g/mol. The number of benzene rings is 1. The molecule has 108 valence electrons. The van der Waals surface area contributed by atoms with Crippen molar-refractivity contribution in [2.24, 2.45) is 0 Å². The molecule has 2 aliphatic heterocycles. The summed E-state index contributed by atoms with van der Waals surface area (Å²) in [5.74, 6) is 0.182. The van der Waals surface area contributed by atoms with E-state index in [1.165, 1.54) is 5.56 Å². The van der Waals surface area contributed by atoms with Crippen molar-refractivity contribution < 1.29 is 19.4 Å². The Morgan fingerprint density at radius 1 is 1.40 bits per heavy atom. The molecule has 0 radical (unpaired) electrons. The lowest BCUT2D eigenvalue weighted by Crippen LogP contribution is -2.50. The molecule has 1 saturated heterocycles. The van der Waals surface area contributed by atoms with Crippen LogP contribution < -0.4 is 4.74 Å². The van der Waals surface area contributed by atoms with Crippen LogP contribution in [0.1, 0.15) is 12.0 Å². The molecule has 2 atom stereocenters. The van der Waals surface area contributed by atoms with E-state index in [0.29, 0.717) is 13.2 Å². The van der Waals surface area contributed by atoms with E-state index in [1.54, 1.807) is 0 Å². The fourth-order valence-corrected chi connectivity index (χ4v) is 2.94. The van der Waals surface area contributed by atoms with Crippen molar-refractivity contribution in [2.45, 2.75) is 25.0 Å². The van der Waals surface area contributed by atoms with Gasteiger partial charge in [0.15, 0.2) is 0 Å². The second-order valence-electron chi connectivity index (χ2n) is 5.37. The minimum absolute atomic E-state index is 0.0476. The summed E-state index contributed by atoms with van der Waals surface area (Å²) >= 11 is 0. The topological polar surface area (TPSA) is 59.0 Å². The smallest absolute Gasteiger partial charge is 0.305 e. The number of carbonyl (C=O) groups is 1. The lowest BCUT2D eigenvalue weighted by Gasteiger charge is -2.36. The standard InChI is InChI=1S/C15H19NO4/c17-15(18)8-12-10-19-6-5-16(12)9-13-7-11-3-1-2-4-14(11)20-13/h1-4,12-13H,5-10H2,(H,17,18). The molecule has 3 rings (SSSR count). The maximum absolute atomic E-state index is 10.9. The zero-order chi connectivity index (χ0) is 13.9. The fourth-order valence-electron chi connectivity index (χ4n) is 2.94. The van der Waals surface area contributed by atoms with Crippen LogP contribution in [0.2, 0.25) is 0 Å². The molecule has 2 unspecified atom stereocenters. The van der Waals surface area contributed by atoms with Gasteiger partial charge in [-0.1, -0.05) is 18.2 Å². The Bertz CT molecular complexity index is 466. The Morgan fingerprint density at radius 3 is 3.05 bits per heavy atom. The van der Waals surface area contributed by atoms with E-state index in [4.69, 9.17) is 14.6 Å². The predicted molar refractivity (Wildman–Crippen MR) is 73.0 cm³/mol. The van der Waals surface area contributed by atoms with Crippen molar-refractivity contribution in [1.82, 2.24) is 4.90 Å². The van der Waals surface area contributed by atoms with Crippen LogP contribution in [0.5, 0.6) is 5.75 Å². The summed E-state index contributed by atoms with van der Waals surface area (Å²) in [6.45, 7) is 2.69. The van der Waals surface area contributed by atoms with Crippen molar-refractivity contribution in [3.63, 3.8) is 0 Å². The molecule has 0 aliphatic carbocycles. The van der Waals surface area contributed by atoms with Crippen LogP contribution in [-0.2, 0) is 16.0 Å². The van der Waals surface area contributed by atoms with Gasteiger partial charge in [0.25, 0.3) is 0 Å². The number of nitrogens with zero attached hydrogens (tertiary/aromatic N) is 1. The molecule has 20 heavy (non-hydrogen) atoms. The first-order chi connectivity index (χ1) is 9.72. The summed E-state index contributed by atoms with van der Waals surface area (Å²) in [5, 5.41) is 8.97.